The van der Waals surface area contributed by atoms with Crippen LogP contribution in [0.15, 0.2) is 42.6 Å². The third kappa shape index (κ3) is 6.46. The minimum atomic E-state index is -3.82. The van der Waals surface area contributed by atoms with Crippen LogP contribution in [0.5, 0.6) is 5.75 Å². The molecule has 2 amide bonds. The molecule has 9 rings (SSSR count). The Morgan fingerprint density at radius 1 is 0.946 bits per heavy atom. The van der Waals surface area contributed by atoms with Gasteiger partial charge in [0.15, 0.2) is 0 Å². The summed E-state index contributed by atoms with van der Waals surface area (Å²) in [6.45, 7) is 8.93. The van der Waals surface area contributed by atoms with Crippen molar-refractivity contribution in [1.82, 2.24) is 28.9 Å². The number of likely N-dealkylation sites (tertiary alicyclic amines) is 2. The van der Waals surface area contributed by atoms with Crippen LogP contribution >= 0.6 is 0 Å². The Kier molecular flexibility index (Phi) is 9.63. The molecule has 2 aromatic heterocycles. The molecule has 4 fully saturated rings. The Hall–Kier alpha value is -4.42. The molecule has 0 radical (unpaired) electrons. The van der Waals surface area contributed by atoms with Crippen LogP contribution in [-0.4, -0.2) is 89.0 Å². The molecule has 3 aliphatic heterocycles. The van der Waals surface area contributed by atoms with Crippen molar-refractivity contribution >= 4 is 44.4 Å². The maximum atomic E-state index is 14.7. The summed E-state index contributed by atoms with van der Waals surface area (Å²) in [6.07, 6.45) is 13.9. The normalized spacial score (nSPS) is 21.5. The van der Waals surface area contributed by atoms with Crippen molar-refractivity contribution in [1.29, 1.82) is 0 Å². The zero-order valence-corrected chi connectivity index (χ0v) is 33.9. The predicted molar refractivity (Wildman–Crippen MR) is 219 cm³/mol. The average molecular weight is 779 g/mol. The lowest BCUT2D eigenvalue weighted by Crippen LogP contribution is -2.48. The zero-order valence-electron chi connectivity index (χ0n) is 33.1. The first-order valence-electron chi connectivity index (χ1n) is 20.8. The number of aromatic nitrogens is 3. The Bertz CT molecular complexity index is 2350. The monoisotopic (exact) mass is 778 g/mol. The maximum Gasteiger partial charge on any atom is 0.264 e. The molecule has 296 valence electrons. The number of sulfonamides is 1. The first kappa shape index (κ1) is 37.2. The van der Waals surface area contributed by atoms with Crippen molar-refractivity contribution in [2.24, 2.45) is 5.92 Å². The number of likely N-dealkylation sites (N-methyl/N-ethyl adjacent to an activating group) is 1. The maximum absolute atomic E-state index is 14.7. The zero-order chi connectivity index (χ0) is 38.9. The number of hydrogen-bond donors (Lipinski definition) is 1. The molecule has 2 saturated heterocycles. The van der Waals surface area contributed by atoms with Gasteiger partial charge in [-0.1, -0.05) is 46.1 Å². The number of carbonyl (C=O) groups is 2. The van der Waals surface area contributed by atoms with Gasteiger partial charge in [-0.05, 0) is 110 Å². The predicted octanol–water partition coefficient (Wildman–Crippen LogP) is 7.47. The van der Waals surface area contributed by atoms with E-state index in [-0.39, 0.29) is 29.7 Å². The van der Waals surface area contributed by atoms with Crippen LogP contribution < -0.4 is 9.46 Å². The number of ether oxygens (including phenoxy) is 1. The van der Waals surface area contributed by atoms with E-state index in [4.69, 9.17) is 9.84 Å². The highest BCUT2D eigenvalue weighted by Gasteiger charge is 2.46. The Balaban J connectivity index is 1.22. The quantitative estimate of drug-likeness (QED) is 0.178. The fraction of sp³-hybridized carbons (Fsp3) is 0.523. The molecule has 2 aromatic carbocycles. The van der Waals surface area contributed by atoms with Crippen LogP contribution in [0.25, 0.3) is 33.8 Å². The smallest absolute Gasteiger partial charge is 0.264 e. The number of allylic oxidation sites excluding steroid dienone is 1. The minimum Gasteiger partial charge on any atom is -0.497 e. The molecule has 1 N–H and O–H groups in total. The standard InChI is InChI=1S/C44H54N6O5S/c1-5-47-24-34-21-33(47)25-48(34)44(52)38-22-45-50(32-12-9-13-32)41(38)31-18-30-19-35(55-4)15-17-36(30)42-40(28-10-7-6-8-11-28)37-16-14-29(20-39(37)49(42)23-31)43(51)46-56(53,54)26-27(2)3/h14-20,22,27-28,32-34H,5-13,21,23-26H2,1-4H3,(H,46,51)/t33-,34+/m0/s1. The molecule has 2 atom stereocenters. The minimum absolute atomic E-state index is 0.0480. The lowest BCUT2D eigenvalue weighted by atomic mass is 9.81. The summed E-state index contributed by atoms with van der Waals surface area (Å²) in [5.74, 6) is 0.245. The van der Waals surface area contributed by atoms with E-state index >= 15 is 0 Å². The summed E-state index contributed by atoms with van der Waals surface area (Å²) in [4.78, 5) is 33.0. The average Bonchev–Trinajstić information content (AvgIpc) is 3.93. The number of hydrogen-bond acceptors (Lipinski definition) is 7. The van der Waals surface area contributed by atoms with Gasteiger partial charge in [0.1, 0.15) is 5.75 Å². The molecule has 2 bridgehead atoms. The van der Waals surface area contributed by atoms with E-state index in [0.717, 1.165) is 116 Å². The topological polar surface area (TPSA) is 119 Å². The summed E-state index contributed by atoms with van der Waals surface area (Å²) in [5, 5.41) is 6.06. The molecule has 5 aliphatic rings. The van der Waals surface area contributed by atoms with Gasteiger partial charge in [-0.2, -0.15) is 5.10 Å². The highest BCUT2D eigenvalue weighted by Crippen LogP contribution is 2.49. The van der Waals surface area contributed by atoms with Crippen LogP contribution in [0.3, 0.4) is 0 Å². The van der Waals surface area contributed by atoms with Gasteiger partial charge in [0.25, 0.3) is 11.8 Å². The lowest BCUT2D eigenvalue weighted by Gasteiger charge is -2.34. The summed E-state index contributed by atoms with van der Waals surface area (Å²) in [5.41, 5.74) is 8.13. The van der Waals surface area contributed by atoms with Crippen LogP contribution in [0.4, 0.5) is 0 Å². The van der Waals surface area contributed by atoms with E-state index < -0.39 is 15.9 Å². The van der Waals surface area contributed by atoms with E-state index in [1.165, 1.54) is 12.0 Å². The van der Waals surface area contributed by atoms with Gasteiger partial charge in [0.2, 0.25) is 10.0 Å². The number of amides is 2. The summed E-state index contributed by atoms with van der Waals surface area (Å²) < 4.78 is 38.4. The van der Waals surface area contributed by atoms with E-state index in [9.17, 15) is 18.0 Å². The van der Waals surface area contributed by atoms with Gasteiger partial charge in [-0.3, -0.25) is 19.2 Å². The number of benzene rings is 2. The second-order valence-corrected chi connectivity index (χ2v) is 18.9. The first-order chi connectivity index (χ1) is 27.0. The fourth-order valence-electron chi connectivity index (χ4n) is 10.3. The Morgan fingerprint density at radius 2 is 1.75 bits per heavy atom. The molecular formula is C44H54N6O5S. The molecule has 4 aromatic rings. The van der Waals surface area contributed by atoms with Crippen molar-refractivity contribution in [2.75, 3.05) is 32.5 Å². The third-order valence-corrected chi connectivity index (χ3v) is 14.7. The number of methoxy groups -OCH3 is 1. The number of rotatable bonds is 10. The lowest BCUT2D eigenvalue weighted by molar-refractivity contribution is 0.0630. The molecule has 11 nitrogen and oxygen atoms in total. The number of fused-ring (bicyclic) bond motifs is 7. The summed E-state index contributed by atoms with van der Waals surface area (Å²) >= 11 is 0. The van der Waals surface area contributed by atoms with Crippen LogP contribution in [-0.2, 0) is 16.6 Å². The van der Waals surface area contributed by atoms with Crippen LogP contribution in [0, 0.1) is 5.92 Å². The first-order valence-corrected chi connectivity index (χ1v) is 22.4. The van der Waals surface area contributed by atoms with Crippen molar-refractivity contribution in [3.05, 3.63) is 70.5 Å². The van der Waals surface area contributed by atoms with Gasteiger partial charge in [0.05, 0.1) is 48.6 Å². The molecular weight excluding hydrogens is 725 g/mol. The molecule has 0 spiro atoms. The summed E-state index contributed by atoms with van der Waals surface area (Å²) in [6, 6.07) is 12.7. The molecule has 12 heteroatoms. The second kappa shape index (κ2) is 14.5. The van der Waals surface area contributed by atoms with Gasteiger partial charge in [0, 0.05) is 47.2 Å². The fourth-order valence-corrected chi connectivity index (χ4v) is 11.7. The van der Waals surface area contributed by atoms with E-state index in [2.05, 4.69) is 48.9 Å². The Morgan fingerprint density at radius 3 is 2.43 bits per heavy atom. The van der Waals surface area contributed by atoms with Crippen molar-refractivity contribution < 1.29 is 22.7 Å². The number of nitrogens with zero attached hydrogens (tertiary/aromatic N) is 5. The van der Waals surface area contributed by atoms with Crippen molar-refractivity contribution in [3.8, 4) is 17.0 Å². The molecule has 5 heterocycles. The van der Waals surface area contributed by atoms with Gasteiger partial charge >= 0.3 is 0 Å². The molecule has 2 aliphatic carbocycles. The largest absolute Gasteiger partial charge is 0.497 e. The van der Waals surface area contributed by atoms with Crippen LogP contribution in [0.1, 0.15) is 128 Å². The van der Waals surface area contributed by atoms with Crippen molar-refractivity contribution in [2.45, 2.75) is 109 Å². The van der Waals surface area contributed by atoms with Gasteiger partial charge in [-0.25, -0.2) is 13.1 Å². The molecule has 56 heavy (non-hydrogen) atoms. The van der Waals surface area contributed by atoms with Crippen molar-refractivity contribution in [3.63, 3.8) is 0 Å². The summed E-state index contributed by atoms with van der Waals surface area (Å²) in [7, 11) is -2.13. The number of nitrogens with one attached hydrogen (secondary N) is 1. The third-order valence-electron chi connectivity index (χ3n) is 13.1. The van der Waals surface area contributed by atoms with Crippen LogP contribution in [0.2, 0.25) is 0 Å². The number of piperazine rings is 1. The van der Waals surface area contributed by atoms with Gasteiger partial charge < -0.3 is 14.2 Å². The van der Waals surface area contributed by atoms with E-state index in [1.54, 1.807) is 19.4 Å². The van der Waals surface area contributed by atoms with E-state index in [1.807, 2.05) is 32.0 Å². The number of carbonyl (C=O) groups excluding carboxylic acids is 2. The highest BCUT2D eigenvalue weighted by atomic mass is 32.2. The molecule has 0 unspecified atom stereocenters. The SMILES string of the molecule is CCN1C[C@H]2C[C@H]1CN2C(=O)c1cnn(C2CCC2)c1C1=Cc2cc(OC)ccc2-c2c(C3CCCCC3)c3ccc(C(=O)NS(=O)(=O)CC(C)C)cc3n2C1. The van der Waals surface area contributed by atoms with E-state index in [0.29, 0.717) is 29.6 Å². The second-order valence-electron chi connectivity index (χ2n) is 17.2. The van der Waals surface area contributed by atoms with Gasteiger partial charge in [-0.15, -0.1) is 0 Å². The Labute approximate surface area is 330 Å². The highest BCUT2D eigenvalue weighted by molar-refractivity contribution is 7.90. The molecule has 2 saturated carbocycles.